The van der Waals surface area contributed by atoms with Gasteiger partial charge < -0.3 is 0 Å². The fourth-order valence-electron chi connectivity index (χ4n) is 3.31. The van der Waals surface area contributed by atoms with E-state index in [1.165, 1.54) is 50.5 Å². The molecule has 2 rings (SSSR count). The van der Waals surface area contributed by atoms with E-state index in [1.54, 1.807) is 12.1 Å². The zero-order valence-electron chi connectivity index (χ0n) is 11.7. The molecular formula is C17H25O. The molecule has 18 heavy (non-hydrogen) atoms. The van der Waals surface area contributed by atoms with Crippen molar-refractivity contribution >= 4 is 0 Å². The zero-order valence-corrected chi connectivity index (χ0v) is 11.7. The molecular weight excluding hydrogens is 220 g/mol. The van der Waals surface area contributed by atoms with Crippen LogP contribution in [0.2, 0.25) is 0 Å². The van der Waals surface area contributed by atoms with E-state index in [0.717, 1.165) is 5.92 Å². The van der Waals surface area contributed by atoms with Crippen molar-refractivity contribution in [2.45, 2.75) is 64.2 Å². The minimum Gasteiger partial charge on any atom is -0.290 e. The molecule has 0 aliphatic heterocycles. The Morgan fingerprint density at radius 1 is 1.00 bits per heavy atom. The molecule has 0 atom stereocenters. The minimum absolute atomic E-state index is 0.115. The fraction of sp³-hybridized carbons (Fsp3) is 0.647. The molecule has 1 saturated carbocycles. The Kier molecular flexibility index (Phi) is 4.31. The number of rotatable bonds is 3. The second-order valence-electron chi connectivity index (χ2n) is 6.47. The predicted octanol–water partition coefficient (Wildman–Crippen LogP) is 5.47. The molecule has 0 heterocycles. The Labute approximate surface area is 111 Å². The molecule has 1 nitrogen and oxygen atoms in total. The lowest BCUT2D eigenvalue weighted by Gasteiger charge is -2.30. The number of hydrogen-bond donors (Lipinski definition) is 0. The third kappa shape index (κ3) is 3.51. The first-order chi connectivity index (χ1) is 8.58. The number of hydrogen-bond acceptors (Lipinski definition) is 0. The van der Waals surface area contributed by atoms with Crippen LogP contribution in [0.3, 0.4) is 0 Å². The average Bonchev–Trinajstić information content (AvgIpc) is 2.57. The van der Waals surface area contributed by atoms with E-state index in [2.05, 4.69) is 13.8 Å². The van der Waals surface area contributed by atoms with Crippen molar-refractivity contribution in [3.05, 3.63) is 29.8 Å². The highest BCUT2D eigenvalue weighted by Gasteiger charge is 2.25. The van der Waals surface area contributed by atoms with Crippen molar-refractivity contribution in [1.82, 2.24) is 0 Å². The maximum Gasteiger partial charge on any atom is 0.178 e. The van der Waals surface area contributed by atoms with Crippen LogP contribution < -0.4 is 0 Å². The highest BCUT2D eigenvalue weighted by atomic mass is 16.3. The van der Waals surface area contributed by atoms with Gasteiger partial charge in [0, 0.05) is 0 Å². The normalized spacial score (nSPS) is 18.6. The Balaban J connectivity index is 2.03. The molecule has 0 unspecified atom stereocenters. The van der Waals surface area contributed by atoms with E-state index >= 15 is 0 Å². The van der Waals surface area contributed by atoms with Crippen LogP contribution in [0, 0.1) is 5.92 Å². The van der Waals surface area contributed by atoms with Gasteiger partial charge in [-0.3, -0.25) is 5.11 Å². The van der Waals surface area contributed by atoms with Crippen molar-refractivity contribution < 1.29 is 5.11 Å². The second-order valence-corrected chi connectivity index (χ2v) is 6.47. The van der Waals surface area contributed by atoms with Gasteiger partial charge in [-0.2, -0.15) is 0 Å². The Morgan fingerprint density at radius 3 is 2.11 bits per heavy atom. The summed E-state index contributed by atoms with van der Waals surface area (Å²) in [5, 5.41) is 11.2. The lowest BCUT2D eigenvalue weighted by molar-refractivity contribution is 0.328. The van der Waals surface area contributed by atoms with E-state index in [1.807, 2.05) is 12.1 Å². The summed E-state index contributed by atoms with van der Waals surface area (Å²) < 4.78 is 0. The van der Waals surface area contributed by atoms with Crippen LogP contribution in [0.15, 0.2) is 24.3 Å². The van der Waals surface area contributed by atoms with Gasteiger partial charge in [0.05, 0.1) is 0 Å². The zero-order chi connectivity index (χ0) is 13.0. The van der Waals surface area contributed by atoms with Gasteiger partial charge in [-0.15, -0.1) is 0 Å². The first-order valence-corrected chi connectivity index (χ1v) is 7.35. The SMILES string of the molecule is CC(C)(CC1CCCCCC1)c1ccc([O])cc1. The summed E-state index contributed by atoms with van der Waals surface area (Å²) in [5.41, 5.74) is 1.51. The van der Waals surface area contributed by atoms with Crippen molar-refractivity contribution in [1.29, 1.82) is 0 Å². The Bertz CT molecular complexity index is 356. The highest BCUT2D eigenvalue weighted by Crippen LogP contribution is 2.36. The van der Waals surface area contributed by atoms with Crippen molar-refractivity contribution in [2.75, 3.05) is 0 Å². The van der Waals surface area contributed by atoms with Crippen LogP contribution in [-0.2, 0) is 10.5 Å². The predicted molar refractivity (Wildman–Crippen MR) is 75.4 cm³/mol. The van der Waals surface area contributed by atoms with Crippen LogP contribution in [0.4, 0.5) is 0 Å². The van der Waals surface area contributed by atoms with Gasteiger partial charge in [0.1, 0.15) is 0 Å². The van der Waals surface area contributed by atoms with Crippen molar-refractivity contribution in [3.8, 4) is 5.75 Å². The van der Waals surface area contributed by atoms with Gasteiger partial charge in [0.2, 0.25) is 0 Å². The van der Waals surface area contributed by atoms with Crippen LogP contribution in [0.5, 0.6) is 5.75 Å². The average molecular weight is 245 g/mol. The second kappa shape index (κ2) is 5.77. The largest absolute Gasteiger partial charge is 0.290 e. The van der Waals surface area contributed by atoms with E-state index in [4.69, 9.17) is 0 Å². The van der Waals surface area contributed by atoms with Gasteiger partial charge in [-0.05, 0) is 35.4 Å². The minimum atomic E-state index is 0.115. The summed E-state index contributed by atoms with van der Waals surface area (Å²) in [7, 11) is 0. The quantitative estimate of drug-likeness (QED) is 0.629. The summed E-state index contributed by atoms with van der Waals surface area (Å²) in [6.07, 6.45) is 9.68. The molecule has 0 saturated heterocycles. The van der Waals surface area contributed by atoms with E-state index in [-0.39, 0.29) is 11.2 Å². The first kappa shape index (κ1) is 13.5. The summed E-state index contributed by atoms with van der Waals surface area (Å²) in [4.78, 5) is 0. The summed E-state index contributed by atoms with van der Waals surface area (Å²) in [6, 6.07) is 7.42. The third-order valence-electron chi connectivity index (χ3n) is 4.41. The van der Waals surface area contributed by atoms with Gasteiger partial charge in [0.25, 0.3) is 0 Å². The first-order valence-electron chi connectivity index (χ1n) is 7.35. The standard InChI is InChI=1S/C17H25O/c1-17(2,15-9-11-16(18)12-10-15)13-14-7-5-3-4-6-8-14/h9-12,14H,3-8,13H2,1-2H3. The molecule has 0 N–H and O–H groups in total. The maximum absolute atomic E-state index is 11.2. The van der Waals surface area contributed by atoms with E-state index in [9.17, 15) is 5.11 Å². The molecule has 99 valence electrons. The van der Waals surface area contributed by atoms with Gasteiger partial charge in [0.15, 0.2) is 5.75 Å². The molecule has 0 bridgehead atoms. The molecule has 0 spiro atoms. The molecule has 1 aliphatic carbocycles. The summed E-state index contributed by atoms with van der Waals surface area (Å²) in [5.74, 6) is 0.985. The van der Waals surface area contributed by atoms with E-state index < -0.39 is 0 Å². The van der Waals surface area contributed by atoms with Crippen molar-refractivity contribution in [3.63, 3.8) is 0 Å². The third-order valence-corrected chi connectivity index (χ3v) is 4.41. The lowest BCUT2D eigenvalue weighted by atomic mass is 9.75. The summed E-state index contributed by atoms with van der Waals surface area (Å²) in [6.45, 7) is 4.63. The van der Waals surface area contributed by atoms with Crippen LogP contribution >= 0.6 is 0 Å². The molecule has 1 heteroatoms. The molecule has 1 aromatic carbocycles. The number of benzene rings is 1. The molecule has 1 aromatic rings. The lowest BCUT2D eigenvalue weighted by Crippen LogP contribution is -2.21. The van der Waals surface area contributed by atoms with Crippen LogP contribution in [0.25, 0.3) is 0 Å². The van der Waals surface area contributed by atoms with E-state index in [0.29, 0.717) is 0 Å². The molecule has 1 radical (unpaired) electrons. The van der Waals surface area contributed by atoms with Crippen molar-refractivity contribution in [2.24, 2.45) is 5.92 Å². The topological polar surface area (TPSA) is 19.9 Å². The van der Waals surface area contributed by atoms with Gasteiger partial charge in [-0.25, -0.2) is 0 Å². The molecule has 1 aliphatic rings. The fourth-order valence-corrected chi connectivity index (χ4v) is 3.31. The van der Waals surface area contributed by atoms with Gasteiger partial charge in [-0.1, -0.05) is 64.5 Å². The molecule has 0 amide bonds. The Hall–Kier alpha value is -0.980. The van der Waals surface area contributed by atoms with Crippen LogP contribution in [-0.4, -0.2) is 0 Å². The Morgan fingerprint density at radius 2 is 1.56 bits per heavy atom. The summed E-state index contributed by atoms with van der Waals surface area (Å²) >= 11 is 0. The molecule has 1 fully saturated rings. The highest BCUT2D eigenvalue weighted by molar-refractivity contribution is 5.30. The smallest absolute Gasteiger partial charge is 0.178 e. The molecule has 0 aromatic heterocycles. The maximum atomic E-state index is 11.2. The van der Waals surface area contributed by atoms with Gasteiger partial charge >= 0.3 is 0 Å². The van der Waals surface area contributed by atoms with Crippen LogP contribution in [0.1, 0.15) is 64.4 Å². The monoisotopic (exact) mass is 245 g/mol.